The molecular weight excluding hydrogens is 891 g/mol. The molecule has 0 unspecified atom stereocenters. The second-order valence-electron chi connectivity index (χ2n) is 13.5. The summed E-state index contributed by atoms with van der Waals surface area (Å²) in [5.41, 5.74) is 0. The van der Waals surface area contributed by atoms with E-state index in [4.69, 9.17) is 24.4 Å². The highest BCUT2D eigenvalue weighted by Gasteiger charge is 2.33. The quantitative estimate of drug-likeness (QED) is 0.0375. The number of thiocarbonyl (C=S) groups is 2. The minimum atomic E-state index is -0.415. The molecule has 0 atom stereocenters. The van der Waals surface area contributed by atoms with Crippen LogP contribution in [-0.4, -0.2) is 55.9 Å². The van der Waals surface area contributed by atoms with Gasteiger partial charge in [0, 0.05) is 32.6 Å². The third-order valence-corrected chi connectivity index (χ3v) is 16.4. The molecule has 58 heavy (non-hydrogen) atoms. The van der Waals surface area contributed by atoms with Crippen LogP contribution in [0.1, 0.15) is 120 Å². The molecule has 308 valence electrons. The van der Waals surface area contributed by atoms with E-state index in [2.05, 4.69) is 13.8 Å². The summed E-state index contributed by atoms with van der Waals surface area (Å²) in [7, 11) is 0. The van der Waals surface area contributed by atoms with Gasteiger partial charge in [0.25, 0.3) is 11.8 Å². The van der Waals surface area contributed by atoms with Crippen LogP contribution in [0.3, 0.4) is 0 Å². The Balaban J connectivity index is 0.000000355. The van der Waals surface area contributed by atoms with Crippen LogP contribution in [0.5, 0.6) is 0 Å². The third-order valence-electron chi connectivity index (χ3n) is 9.11. The highest BCUT2D eigenvalue weighted by Crippen LogP contribution is 2.41. The van der Waals surface area contributed by atoms with Crippen molar-refractivity contribution in [3.63, 3.8) is 0 Å². The van der Waals surface area contributed by atoms with Gasteiger partial charge < -0.3 is 0 Å². The van der Waals surface area contributed by atoms with Crippen molar-refractivity contribution in [1.82, 2.24) is 9.80 Å². The second-order valence-corrected chi connectivity index (χ2v) is 21.2. The van der Waals surface area contributed by atoms with E-state index < -0.39 is 5.82 Å². The Morgan fingerprint density at radius 3 is 1.43 bits per heavy atom. The summed E-state index contributed by atoms with van der Waals surface area (Å²) in [6.45, 7) is 5.69. The van der Waals surface area contributed by atoms with Crippen LogP contribution in [0, 0.1) is 11.6 Å². The summed E-state index contributed by atoms with van der Waals surface area (Å²) in [6, 6.07) is 9.78. The van der Waals surface area contributed by atoms with E-state index in [1.165, 1.54) is 121 Å². The molecule has 0 N–H and O–H groups in total. The number of carbonyl (C=O) groups excluding carboxylic acids is 4. The number of unbranched alkanes of at least 4 members (excludes halogenated alkanes) is 10. The molecule has 0 saturated carbocycles. The van der Waals surface area contributed by atoms with Crippen molar-refractivity contribution in [2.45, 2.75) is 90.9 Å². The van der Waals surface area contributed by atoms with Gasteiger partial charge in [-0.3, -0.25) is 29.0 Å². The highest BCUT2D eigenvalue weighted by atomic mass is 32.2. The zero-order valence-corrected chi connectivity index (χ0v) is 38.8. The lowest BCUT2D eigenvalue weighted by molar-refractivity contribution is -0.123. The lowest BCUT2D eigenvalue weighted by atomic mass is 10.1. The van der Waals surface area contributed by atoms with Gasteiger partial charge >= 0.3 is 0 Å². The van der Waals surface area contributed by atoms with Crippen LogP contribution >= 0.6 is 93.3 Å². The van der Waals surface area contributed by atoms with Crippen molar-refractivity contribution in [3.05, 3.63) is 77.4 Å². The lowest BCUT2D eigenvalue weighted by Crippen LogP contribution is -2.28. The maximum absolute atomic E-state index is 15.1. The zero-order chi connectivity index (χ0) is 41.6. The Bertz CT molecular complexity index is 2160. The number of hydrogen-bond donors (Lipinski definition) is 0. The predicted molar refractivity (Wildman–Crippen MR) is 252 cm³/mol. The van der Waals surface area contributed by atoms with E-state index in [0.717, 1.165) is 53.1 Å². The van der Waals surface area contributed by atoms with Gasteiger partial charge in [-0.2, -0.15) is 0 Å². The second kappa shape index (κ2) is 23.3. The molecule has 0 bridgehead atoms. The molecule has 2 aliphatic rings. The smallest absolute Gasteiger partial charge is 0.266 e. The van der Waals surface area contributed by atoms with Crippen LogP contribution < -0.4 is 0 Å². The molecule has 0 aromatic carbocycles. The van der Waals surface area contributed by atoms with E-state index in [1.54, 1.807) is 28.0 Å². The van der Waals surface area contributed by atoms with Crippen molar-refractivity contribution in [1.29, 1.82) is 0 Å². The first-order valence-electron chi connectivity index (χ1n) is 19.3. The van der Waals surface area contributed by atoms with Crippen LogP contribution in [0.15, 0.2) is 46.2 Å². The number of hydrogen-bond acceptors (Lipinski definition) is 12. The standard InChI is InChI=1S/C32H39FN2O2S6.C10H5FO2S2/c1-3-5-7-9-11-13-17-34-29(36)26(42-31(34)38)20-22-15-16-25(40-22)28-24(33)19-23(41-28)21-27-30(37)35(32(39)43-27)18-14-12-10-8-6-4-2;11-8-3-7(5-13)15-10(8)9-2-1-6(4-12)14-9/h15-16,19-21H,3-14,17-18H2,1-2H3;1-5H/b26-20-,27-21-;. The molecule has 0 radical (unpaired) electrons. The van der Waals surface area contributed by atoms with E-state index in [9.17, 15) is 23.6 Å². The van der Waals surface area contributed by atoms with Gasteiger partial charge in [-0.25, -0.2) is 8.78 Å². The van der Waals surface area contributed by atoms with E-state index in [-0.39, 0.29) is 17.6 Å². The lowest BCUT2D eigenvalue weighted by Gasteiger charge is -2.13. The minimum Gasteiger partial charge on any atom is -0.297 e. The summed E-state index contributed by atoms with van der Waals surface area (Å²) in [6.07, 6.45) is 18.8. The molecule has 16 heteroatoms. The molecule has 2 amide bonds. The Morgan fingerprint density at radius 2 is 0.966 bits per heavy atom. The van der Waals surface area contributed by atoms with Gasteiger partial charge in [0.2, 0.25) is 0 Å². The number of nitrogens with zero attached hydrogens (tertiary/aromatic N) is 2. The van der Waals surface area contributed by atoms with Gasteiger partial charge in [-0.15, -0.1) is 45.3 Å². The molecule has 2 saturated heterocycles. The number of aldehydes is 2. The van der Waals surface area contributed by atoms with Crippen LogP contribution in [-0.2, 0) is 9.59 Å². The fourth-order valence-electron chi connectivity index (χ4n) is 6.07. The van der Waals surface area contributed by atoms with Crippen LogP contribution in [0.25, 0.3) is 31.7 Å². The average molecular weight is 935 g/mol. The Labute approximate surface area is 374 Å². The van der Waals surface area contributed by atoms with Crippen molar-refractivity contribution >= 4 is 138 Å². The number of thioether (sulfide) groups is 2. The molecule has 4 aromatic rings. The Morgan fingerprint density at radius 1 is 0.552 bits per heavy atom. The molecule has 0 spiro atoms. The first kappa shape index (κ1) is 46.4. The van der Waals surface area contributed by atoms with E-state index >= 15 is 4.39 Å². The first-order chi connectivity index (χ1) is 28.1. The molecule has 6 rings (SSSR count). The molecule has 6 nitrogen and oxygen atoms in total. The molecule has 6 heterocycles. The van der Waals surface area contributed by atoms with Gasteiger partial charge in [-0.1, -0.05) is 126 Å². The van der Waals surface area contributed by atoms with E-state index in [1.807, 2.05) is 18.2 Å². The predicted octanol–water partition coefficient (Wildman–Crippen LogP) is 14.0. The van der Waals surface area contributed by atoms with Crippen LogP contribution in [0.4, 0.5) is 8.78 Å². The van der Waals surface area contributed by atoms with Crippen LogP contribution in [0.2, 0.25) is 0 Å². The normalized spacial score (nSPS) is 15.7. The van der Waals surface area contributed by atoms with Crippen molar-refractivity contribution in [2.75, 3.05) is 13.1 Å². The topological polar surface area (TPSA) is 74.8 Å². The van der Waals surface area contributed by atoms with Gasteiger partial charge in [0.15, 0.2) is 12.6 Å². The average Bonchev–Trinajstić information content (AvgIpc) is 4.07. The highest BCUT2D eigenvalue weighted by molar-refractivity contribution is 8.27. The number of carbonyl (C=O) groups is 4. The Hall–Kier alpha value is -2.70. The zero-order valence-electron chi connectivity index (χ0n) is 32.2. The SMILES string of the molecule is CCCCCCCCN1C(=O)/C(=C/c2ccc(-c3sc(/C=C4\SC(=S)N(CCCCCCCC)C4=O)cc3F)s2)SC1=S.O=Cc1ccc(-c2sc(C=O)cc2F)s1. The Kier molecular flexibility index (Phi) is 18.7. The fourth-order valence-corrected chi connectivity index (χ4v) is 12.7. The summed E-state index contributed by atoms with van der Waals surface area (Å²) < 4.78 is 29.6. The fraction of sp³-hybridized carbons (Fsp3) is 0.381. The molecule has 0 aliphatic carbocycles. The third kappa shape index (κ3) is 12.7. The number of rotatable bonds is 20. The summed E-state index contributed by atoms with van der Waals surface area (Å²) >= 11 is 18.7. The summed E-state index contributed by atoms with van der Waals surface area (Å²) in [5, 5.41) is 0. The van der Waals surface area contributed by atoms with Crippen molar-refractivity contribution in [3.8, 4) is 19.5 Å². The molecule has 2 aliphatic heterocycles. The first-order valence-corrected chi connectivity index (χ1v) is 25.0. The molecule has 4 aromatic heterocycles. The number of thiophene rings is 4. The summed E-state index contributed by atoms with van der Waals surface area (Å²) in [5.74, 6) is -0.873. The number of amides is 2. The van der Waals surface area contributed by atoms with Crippen molar-refractivity contribution in [2.24, 2.45) is 0 Å². The maximum Gasteiger partial charge on any atom is 0.266 e. The number of halogens is 2. The maximum atomic E-state index is 15.1. The monoisotopic (exact) mass is 934 g/mol. The van der Waals surface area contributed by atoms with Gasteiger partial charge in [0.05, 0.1) is 29.3 Å². The molecule has 2 fully saturated rings. The largest absolute Gasteiger partial charge is 0.297 e. The van der Waals surface area contributed by atoms with Gasteiger partial charge in [-0.05, 0) is 61.4 Å². The van der Waals surface area contributed by atoms with E-state index in [0.29, 0.717) is 67.1 Å². The minimum absolute atomic E-state index is 0.0445. The van der Waals surface area contributed by atoms with Crippen molar-refractivity contribution < 1.29 is 28.0 Å². The molecular formula is C42H44F2N2O4S8. The summed E-state index contributed by atoms with van der Waals surface area (Å²) in [4.78, 5) is 56.3. The van der Waals surface area contributed by atoms with Gasteiger partial charge in [0.1, 0.15) is 20.3 Å².